The third-order valence-electron chi connectivity index (χ3n) is 7.22. The van der Waals surface area contributed by atoms with Crippen LogP contribution >= 0.6 is 0 Å². The number of benzene rings is 2. The molecule has 2 aromatic carbocycles. The zero-order chi connectivity index (χ0) is 24.6. The molecule has 186 valence electrons. The molecule has 0 radical (unpaired) electrons. The van der Waals surface area contributed by atoms with Gasteiger partial charge in [-0.05, 0) is 74.5 Å². The first-order chi connectivity index (χ1) is 16.8. The number of likely N-dealkylation sites (tertiary alicyclic amines) is 1. The third kappa shape index (κ3) is 5.12. The molecule has 1 saturated heterocycles. The molecule has 2 N–H and O–H groups in total. The van der Waals surface area contributed by atoms with Crippen molar-refractivity contribution >= 4 is 15.7 Å². The summed E-state index contributed by atoms with van der Waals surface area (Å²) < 4.78 is 29.0. The maximum atomic E-state index is 12.2. The van der Waals surface area contributed by atoms with Crippen molar-refractivity contribution in [1.82, 2.24) is 19.9 Å². The van der Waals surface area contributed by atoms with Gasteiger partial charge in [0.25, 0.3) is 0 Å². The Morgan fingerprint density at radius 1 is 1.11 bits per heavy atom. The van der Waals surface area contributed by atoms with Gasteiger partial charge in [0.05, 0.1) is 23.2 Å². The predicted molar refractivity (Wildman–Crippen MR) is 136 cm³/mol. The van der Waals surface area contributed by atoms with Crippen LogP contribution in [0.2, 0.25) is 0 Å². The van der Waals surface area contributed by atoms with Crippen LogP contribution in [-0.2, 0) is 23.0 Å². The summed E-state index contributed by atoms with van der Waals surface area (Å²) >= 11 is 0. The van der Waals surface area contributed by atoms with E-state index in [4.69, 9.17) is 0 Å². The van der Waals surface area contributed by atoms with E-state index in [-0.39, 0.29) is 6.04 Å². The summed E-state index contributed by atoms with van der Waals surface area (Å²) in [6, 6.07) is 15.7. The van der Waals surface area contributed by atoms with Crippen molar-refractivity contribution in [3.05, 3.63) is 77.1 Å². The number of piperidine rings is 1. The van der Waals surface area contributed by atoms with Crippen LogP contribution in [0.5, 0.6) is 0 Å². The summed E-state index contributed by atoms with van der Waals surface area (Å²) in [5.74, 6) is 0.399. The number of aromatic nitrogens is 3. The van der Waals surface area contributed by atoms with Gasteiger partial charge in [-0.15, -0.1) is 5.10 Å². The van der Waals surface area contributed by atoms with E-state index in [0.29, 0.717) is 18.0 Å². The minimum Gasteiger partial charge on any atom is -0.390 e. The average Bonchev–Trinajstić information content (AvgIpc) is 3.42. The molecule has 1 aromatic heterocycles. The molecule has 9 heteroatoms. The standard InChI is InChI=1S/C26H33N5O3S/c1-18(2)35(33,34)28-22-8-5-7-20(14-22)19-10-12-30(13-11-19)16-23-17-31(29-27-23)26-24-9-4-3-6-21(24)15-25(26)32/h3-9,14,17-19,25-26,28,32H,10-13,15-16H2,1-2H3/t25-,26-/m0/s1. The number of anilines is 1. The molecule has 3 aromatic rings. The first kappa shape index (κ1) is 24.0. The van der Waals surface area contributed by atoms with Gasteiger partial charge in [-0.2, -0.15) is 0 Å². The molecule has 0 amide bonds. The first-order valence-electron chi connectivity index (χ1n) is 12.3. The maximum absolute atomic E-state index is 12.2. The minimum absolute atomic E-state index is 0.182. The molecule has 0 unspecified atom stereocenters. The molecule has 8 nitrogen and oxygen atoms in total. The third-order valence-corrected chi connectivity index (χ3v) is 8.98. The number of aliphatic hydroxyl groups excluding tert-OH is 1. The number of hydrogen-bond acceptors (Lipinski definition) is 6. The van der Waals surface area contributed by atoms with Crippen molar-refractivity contribution in [2.24, 2.45) is 0 Å². The number of fused-ring (bicyclic) bond motifs is 1. The van der Waals surface area contributed by atoms with Gasteiger partial charge >= 0.3 is 0 Å². The zero-order valence-electron chi connectivity index (χ0n) is 20.2. The number of hydrogen-bond donors (Lipinski definition) is 2. The highest BCUT2D eigenvalue weighted by Crippen LogP contribution is 2.34. The molecule has 1 fully saturated rings. The van der Waals surface area contributed by atoms with Crippen molar-refractivity contribution in [3.63, 3.8) is 0 Å². The number of nitrogens with zero attached hydrogens (tertiary/aromatic N) is 4. The fraction of sp³-hybridized carbons (Fsp3) is 0.462. The van der Waals surface area contributed by atoms with Gasteiger partial charge in [-0.25, -0.2) is 13.1 Å². The van der Waals surface area contributed by atoms with Gasteiger partial charge in [0, 0.05) is 18.7 Å². The number of sulfonamides is 1. The second kappa shape index (κ2) is 9.72. The lowest BCUT2D eigenvalue weighted by molar-refractivity contribution is 0.137. The lowest BCUT2D eigenvalue weighted by Crippen LogP contribution is -2.32. The van der Waals surface area contributed by atoms with Crippen LogP contribution in [0.1, 0.15) is 61.0 Å². The highest BCUT2D eigenvalue weighted by atomic mass is 32.2. The molecule has 1 aliphatic carbocycles. The van der Waals surface area contributed by atoms with E-state index in [1.54, 1.807) is 13.8 Å². The Bertz CT molecular complexity index is 1280. The molecule has 0 spiro atoms. The van der Waals surface area contributed by atoms with E-state index < -0.39 is 21.4 Å². The Morgan fingerprint density at radius 3 is 2.66 bits per heavy atom. The SMILES string of the molecule is CC(C)S(=O)(=O)Nc1cccc(C2CCN(Cc3cn([C@H]4c5ccccc5C[C@@H]4O)nn3)CC2)c1. The second-order valence-electron chi connectivity index (χ2n) is 9.98. The molecule has 2 aliphatic rings. The predicted octanol–water partition coefficient (Wildman–Crippen LogP) is 3.31. The van der Waals surface area contributed by atoms with Crippen molar-refractivity contribution < 1.29 is 13.5 Å². The fourth-order valence-corrected chi connectivity index (χ4v) is 5.88. The van der Waals surface area contributed by atoms with E-state index in [9.17, 15) is 13.5 Å². The Labute approximate surface area is 207 Å². The van der Waals surface area contributed by atoms with Gasteiger partial charge in [0.1, 0.15) is 6.04 Å². The highest BCUT2D eigenvalue weighted by Gasteiger charge is 2.33. The molecule has 1 aliphatic heterocycles. The van der Waals surface area contributed by atoms with Crippen LogP contribution in [0.3, 0.4) is 0 Å². The summed E-state index contributed by atoms with van der Waals surface area (Å²) in [5, 5.41) is 18.9. The van der Waals surface area contributed by atoms with Crippen LogP contribution in [0.15, 0.2) is 54.7 Å². The molecule has 2 atom stereocenters. The largest absolute Gasteiger partial charge is 0.390 e. The van der Waals surface area contributed by atoms with E-state index in [1.165, 1.54) is 11.1 Å². The Hall–Kier alpha value is -2.75. The van der Waals surface area contributed by atoms with Gasteiger partial charge in [-0.3, -0.25) is 9.62 Å². The molecular weight excluding hydrogens is 462 g/mol. The molecule has 5 rings (SSSR count). The lowest BCUT2D eigenvalue weighted by atomic mass is 9.89. The summed E-state index contributed by atoms with van der Waals surface area (Å²) in [6.45, 7) is 5.96. The first-order valence-corrected chi connectivity index (χ1v) is 13.9. The quantitative estimate of drug-likeness (QED) is 0.522. The summed E-state index contributed by atoms with van der Waals surface area (Å²) in [4.78, 5) is 2.38. The van der Waals surface area contributed by atoms with Gasteiger partial charge in [0.2, 0.25) is 10.0 Å². The fourth-order valence-electron chi connectivity index (χ4n) is 5.19. The van der Waals surface area contributed by atoms with Crippen molar-refractivity contribution in [2.75, 3.05) is 17.8 Å². The maximum Gasteiger partial charge on any atom is 0.235 e. The number of nitrogens with one attached hydrogen (secondary N) is 1. The Morgan fingerprint density at radius 2 is 1.89 bits per heavy atom. The second-order valence-corrected chi connectivity index (χ2v) is 12.2. The van der Waals surface area contributed by atoms with E-state index in [0.717, 1.165) is 43.7 Å². The molecule has 2 heterocycles. The Kier molecular flexibility index (Phi) is 6.65. The minimum atomic E-state index is -3.36. The molecular formula is C26H33N5O3S. The molecule has 0 bridgehead atoms. The summed E-state index contributed by atoms with van der Waals surface area (Å²) in [7, 11) is -3.36. The summed E-state index contributed by atoms with van der Waals surface area (Å²) in [5.41, 5.74) is 5.00. The van der Waals surface area contributed by atoms with E-state index >= 15 is 0 Å². The van der Waals surface area contributed by atoms with Crippen molar-refractivity contribution in [1.29, 1.82) is 0 Å². The number of aliphatic hydroxyl groups is 1. The van der Waals surface area contributed by atoms with Crippen LogP contribution in [0.4, 0.5) is 5.69 Å². The van der Waals surface area contributed by atoms with Crippen molar-refractivity contribution in [3.8, 4) is 0 Å². The number of rotatable bonds is 7. The monoisotopic (exact) mass is 495 g/mol. The lowest BCUT2D eigenvalue weighted by Gasteiger charge is -2.31. The van der Waals surface area contributed by atoms with E-state index in [1.807, 2.05) is 41.2 Å². The molecule has 0 saturated carbocycles. The van der Waals surface area contributed by atoms with Crippen molar-refractivity contribution in [2.45, 2.75) is 63.0 Å². The van der Waals surface area contributed by atoms with E-state index in [2.05, 4.69) is 38.1 Å². The topological polar surface area (TPSA) is 100 Å². The average molecular weight is 496 g/mol. The Balaban J connectivity index is 1.19. The van der Waals surface area contributed by atoms with Gasteiger partial charge < -0.3 is 5.11 Å². The molecule has 35 heavy (non-hydrogen) atoms. The van der Waals surface area contributed by atoms with Crippen LogP contribution in [0, 0.1) is 0 Å². The smallest absolute Gasteiger partial charge is 0.235 e. The highest BCUT2D eigenvalue weighted by molar-refractivity contribution is 7.93. The van der Waals surface area contributed by atoms with Crippen LogP contribution < -0.4 is 4.72 Å². The van der Waals surface area contributed by atoms with Gasteiger partial charge in [-0.1, -0.05) is 41.6 Å². The van der Waals surface area contributed by atoms with Crippen LogP contribution in [-0.4, -0.2) is 57.9 Å². The van der Waals surface area contributed by atoms with Gasteiger partial charge in [0.15, 0.2) is 0 Å². The normalized spacial score (nSPS) is 21.4. The summed E-state index contributed by atoms with van der Waals surface area (Å²) in [6.07, 6.45) is 4.13. The zero-order valence-corrected chi connectivity index (χ0v) is 21.0. The van der Waals surface area contributed by atoms with Crippen LogP contribution in [0.25, 0.3) is 0 Å².